The third-order valence-corrected chi connectivity index (χ3v) is 5.19. The molecule has 0 saturated heterocycles. The van der Waals surface area contributed by atoms with Crippen LogP contribution in [0.1, 0.15) is 18.5 Å². The summed E-state index contributed by atoms with van der Waals surface area (Å²) in [6, 6.07) is 6.67. The van der Waals surface area contributed by atoms with Crippen molar-refractivity contribution in [1.82, 2.24) is 4.31 Å². The largest absolute Gasteiger partial charge is 0.324 e. The van der Waals surface area contributed by atoms with E-state index >= 15 is 0 Å². The van der Waals surface area contributed by atoms with E-state index in [2.05, 4.69) is 0 Å². The number of sulfonamides is 1. The number of thioether (sulfide) groups is 1. The highest BCUT2D eigenvalue weighted by Gasteiger charge is 2.20. The van der Waals surface area contributed by atoms with Gasteiger partial charge < -0.3 is 5.73 Å². The Labute approximate surface area is 114 Å². The Hall–Kier alpha value is -0.560. The second kappa shape index (κ2) is 6.56. The second-order valence-electron chi connectivity index (χ2n) is 4.18. The Morgan fingerprint density at radius 3 is 2.33 bits per heavy atom. The van der Waals surface area contributed by atoms with Crippen molar-refractivity contribution in [2.24, 2.45) is 5.73 Å². The predicted octanol–water partition coefficient (Wildman–Crippen LogP) is 1.69. The first-order valence-corrected chi connectivity index (χ1v) is 8.54. The zero-order valence-electron chi connectivity index (χ0n) is 11.0. The third kappa shape index (κ3) is 3.71. The highest BCUT2D eigenvalue weighted by atomic mass is 32.2. The fourth-order valence-corrected chi connectivity index (χ4v) is 3.21. The van der Waals surface area contributed by atoms with Crippen LogP contribution in [0.2, 0.25) is 0 Å². The molecule has 1 atom stereocenters. The van der Waals surface area contributed by atoms with Crippen LogP contribution >= 0.6 is 11.8 Å². The lowest BCUT2D eigenvalue weighted by Crippen LogP contribution is -2.29. The molecule has 0 spiro atoms. The summed E-state index contributed by atoms with van der Waals surface area (Å²) >= 11 is 1.62. The van der Waals surface area contributed by atoms with Crippen LogP contribution in [0, 0.1) is 0 Å². The van der Waals surface area contributed by atoms with Crippen LogP contribution in [-0.4, -0.2) is 38.3 Å². The van der Waals surface area contributed by atoms with Gasteiger partial charge in [-0.15, -0.1) is 0 Å². The summed E-state index contributed by atoms with van der Waals surface area (Å²) in [7, 11) is -1.77. The zero-order chi connectivity index (χ0) is 13.8. The monoisotopic (exact) mass is 288 g/mol. The highest BCUT2D eigenvalue weighted by Crippen LogP contribution is 2.17. The minimum Gasteiger partial charge on any atom is -0.324 e. The SMILES string of the molecule is CSCCN(C)S(=O)(=O)c1ccc(C(C)N)cc1. The Kier molecular flexibility index (Phi) is 5.65. The standard InChI is InChI=1S/C12H20N2O2S2/c1-10(13)11-4-6-12(7-5-11)18(15,16)14(2)8-9-17-3/h4-7,10H,8-9,13H2,1-3H3. The molecule has 0 aliphatic rings. The van der Waals surface area contributed by atoms with E-state index in [-0.39, 0.29) is 6.04 Å². The van der Waals surface area contributed by atoms with Gasteiger partial charge in [0, 0.05) is 25.4 Å². The van der Waals surface area contributed by atoms with E-state index in [1.165, 1.54) is 4.31 Å². The van der Waals surface area contributed by atoms with Gasteiger partial charge in [0.1, 0.15) is 0 Å². The number of hydrogen-bond acceptors (Lipinski definition) is 4. The van der Waals surface area contributed by atoms with E-state index in [1.807, 2.05) is 13.2 Å². The topological polar surface area (TPSA) is 63.4 Å². The molecule has 0 radical (unpaired) electrons. The minimum absolute atomic E-state index is 0.0871. The molecule has 1 unspecified atom stereocenters. The van der Waals surface area contributed by atoms with Gasteiger partial charge >= 0.3 is 0 Å². The van der Waals surface area contributed by atoms with Crippen LogP contribution in [0.25, 0.3) is 0 Å². The molecular formula is C12H20N2O2S2. The first-order valence-electron chi connectivity index (χ1n) is 5.70. The summed E-state index contributed by atoms with van der Waals surface area (Å²) in [5.41, 5.74) is 6.67. The molecular weight excluding hydrogens is 268 g/mol. The van der Waals surface area contributed by atoms with Crippen molar-refractivity contribution in [2.45, 2.75) is 17.9 Å². The van der Waals surface area contributed by atoms with Crippen molar-refractivity contribution in [3.8, 4) is 0 Å². The van der Waals surface area contributed by atoms with Gasteiger partial charge in [-0.2, -0.15) is 11.8 Å². The first kappa shape index (κ1) is 15.5. The van der Waals surface area contributed by atoms with Gasteiger partial charge in [0.05, 0.1) is 4.90 Å². The van der Waals surface area contributed by atoms with E-state index in [0.717, 1.165) is 11.3 Å². The van der Waals surface area contributed by atoms with E-state index in [1.54, 1.807) is 43.1 Å². The molecule has 0 aliphatic heterocycles. The van der Waals surface area contributed by atoms with Gasteiger partial charge in [-0.05, 0) is 30.9 Å². The second-order valence-corrected chi connectivity index (χ2v) is 7.21. The number of rotatable bonds is 6. The van der Waals surface area contributed by atoms with Gasteiger partial charge in [-0.3, -0.25) is 0 Å². The molecule has 18 heavy (non-hydrogen) atoms. The molecule has 0 bridgehead atoms. The van der Waals surface area contributed by atoms with Crippen molar-refractivity contribution in [3.05, 3.63) is 29.8 Å². The fraction of sp³-hybridized carbons (Fsp3) is 0.500. The predicted molar refractivity (Wildman–Crippen MR) is 77.2 cm³/mol. The van der Waals surface area contributed by atoms with Crippen molar-refractivity contribution in [1.29, 1.82) is 0 Å². The highest BCUT2D eigenvalue weighted by molar-refractivity contribution is 7.98. The van der Waals surface area contributed by atoms with Crippen LogP contribution in [0.5, 0.6) is 0 Å². The molecule has 1 rings (SSSR count). The van der Waals surface area contributed by atoms with Gasteiger partial charge in [0.25, 0.3) is 0 Å². The van der Waals surface area contributed by atoms with Gasteiger partial charge in [0.2, 0.25) is 10.0 Å². The molecule has 0 fully saturated rings. The van der Waals surface area contributed by atoms with Crippen LogP contribution < -0.4 is 5.73 Å². The van der Waals surface area contributed by atoms with Crippen LogP contribution in [0.3, 0.4) is 0 Å². The average molecular weight is 288 g/mol. The quantitative estimate of drug-likeness (QED) is 0.865. The van der Waals surface area contributed by atoms with E-state index in [0.29, 0.717) is 11.4 Å². The first-order chi connectivity index (χ1) is 8.39. The number of hydrogen-bond donors (Lipinski definition) is 1. The maximum Gasteiger partial charge on any atom is 0.242 e. The molecule has 0 saturated carbocycles. The third-order valence-electron chi connectivity index (χ3n) is 2.72. The number of benzene rings is 1. The lowest BCUT2D eigenvalue weighted by atomic mass is 10.1. The Bertz CT molecular complexity index is 469. The van der Waals surface area contributed by atoms with Crippen molar-refractivity contribution < 1.29 is 8.42 Å². The maximum atomic E-state index is 12.2. The molecule has 0 aromatic heterocycles. The Morgan fingerprint density at radius 2 is 1.89 bits per heavy atom. The van der Waals surface area contributed by atoms with E-state index in [9.17, 15) is 8.42 Å². The molecule has 1 aromatic carbocycles. The van der Waals surface area contributed by atoms with Gasteiger partial charge in [-0.1, -0.05) is 12.1 Å². The molecule has 4 nitrogen and oxygen atoms in total. The van der Waals surface area contributed by atoms with Crippen LogP contribution in [0.4, 0.5) is 0 Å². The molecule has 2 N–H and O–H groups in total. The normalized spacial score (nSPS) is 13.8. The number of nitrogens with two attached hydrogens (primary N) is 1. The summed E-state index contributed by atoms with van der Waals surface area (Å²) in [5, 5.41) is 0. The van der Waals surface area contributed by atoms with Crippen molar-refractivity contribution in [2.75, 3.05) is 25.6 Å². The molecule has 102 valence electrons. The molecule has 0 amide bonds. The number of nitrogens with zero attached hydrogens (tertiary/aromatic N) is 1. The molecule has 0 heterocycles. The Morgan fingerprint density at radius 1 is 1.33 bits per heavy atom. The van der Waals surface area contributed by atoms with Gasteiger partial charge in [0.15, 0.2) is 0 Å². The van der Waals surface area contributed by atoms with Crippen molar-refractivity contribution >= 4 is 21.8 Å². The maximum absolute atomic E-state index is 12.2. The smallest absolute Gasteiger partial charge is 0.242 e. The van der Waals surface area contributed by atoms with E-state index in [4.69, 9.17) is 5.73 Å². The van der Waals surface area contributed by atoms with Crippen LogP contribution in [-0.2, 0) is 10.0 Å². The summed E-state index contributed by atoms with van der Waals surface area (Å²) in [4.78, 5) is 0.315. The molecule has 6 heteroatoms. The van der Waals surface area contributed by atoms with Gasteiger partial charge in [-0.25, -0.2) is 12.7 Å². The summed E-state index contributed by atoms with van der Waals surface area (Å²) in [5.74, 6) is 0.785. The Balaban J connectivity index is 2.91. The summed E-state index contributed by atoms with van der Waals surface area (Å²) in [6.07, 6.45) is 1.96. The lowest BCUT2D eigenvalue weighted by Gasteiger charge is -2.17. The van der Waals surface area contributed by atoms with E-state index < -0.39 is 10.0 Å². The summed E-state index contributed by atoms with van der Waals surface area (Å²) < 4.78 is 25.8. The van der Waals surface area contributed by atoms with Crippen LogP contribution in [0.15, 0.2) is 29.2 Å². The average Bonchev–Trinajstić information content (AvgIpc) is 2.35. The fourth-order valence-electron chi connectivity index (χ4n) is 1.46. The zero-order valence-corrected chi connectivity index (χ0v) is 12.6. The molecule has 1 aromatic rings. The summed E-state index contributed by atoms with van der Waals surface area (Å²) in [6.45, 7) is 2.38. The molecule has 0 aliphatic carbocycles. The van der Waals surface area contributed by atoms with Crippen molar-refractivity contribution in [3.63, 3.8) is 0 Å². The minimum atomic E-state index is -3.37. The lowest BCUT2D eigenvalue weighted by molar-refractivity contribution is 0.488.